The number of benzene rings is 2. The number of nitrogens with one attached hydrogen (secondary N) is 1. The summed E-state index contributed by atoms with van der Waals surface area (Å²) in [5, 5.41) is 8.90. The van der Waals surface area contributed by atoms with Crippen molar-refractivity contribution in [2.75, 3.05) is 5.48 Å². The van der Waals surface area contributed by atoms with Crippen molar-refractivity contribution in [3.05, 3.63) is 65.7 Å². The van der Waals surface area contributed by atoms with Crippen LogP contribution in [0.1, 0.15) is 11.1 Å². The molecular formula is C14H11NO. The molecule has 0 saturated carbocycles. The van der Waals surface area contributed by atoms with Crippen LogP contribution in [0, 0.1) is 11.8 Å². The highest BCUT2D eigenvalue weighted by molar-refractivity contribution is 5.58. The summed E-state index contributed by atoms with van der Waals surface area (Å²) in [5.74, 6) is 6.04. The molecule has 0 heterocycles. The van der Waals surface area contributed by atoms with Crippen LogP contribution in [-0.4, -0.2) is 5.21 Å². The van der Waals surface area contributed by atoms with E-state index in [2.05, 4.69) is 17.3 Å². The average Bonchev–Trinajstić information content (AvgIpc) is 2.38. The van der Waals surface area contributed by atoms with Crippen LogP contribution < -0.4 is 5.48 Å². The van der Waals surface area contributed by atoms with Gasteiger partial charge in [0.15, 0.2) is 0 Å². The van der Waals surface area contributed by atoms with Crippen molar-refractivity contribution in [1.82, 2.24) is 0 Å². The molecule has 0 aromatic heterocycles. The Morgan fingerprint density at radius 2 is 1.50 bits per heavy atom. The number of anilines is 1. The maximum Gasteiger partial charge on any atom is 0.0758 e. The van der Waals surface area contributed by atoms with Crippen molar-refractivity contribution in [3.8, 4) is 11.8 Å². The van der Waals surface area contributed by atoms with E-state index >= 15 is 0 Å². The molecule has 0 aliphatic heterocycles. The molecule has 0 bridgehead atoms. The topological polar surface area (TPSA) is 32.3 Å². The first-order chi connectivity index (χ1) is 7.90. The molecule has 2 aromatic rings. The fourth-order valence-electron chi connectivity index (χ4n) is 1.35. The van der Waals surface area contributed by atoms with Gasteiger partial charge in [0.1, 0.15) is 0 Å². The van der Waals surface area contributed by atoms with Crippen LogP contribution in [-0.2, 0) is 0 Å². The highest BCUT2D eigenvalue weighted by Crippen LogP contribution is 2.12. The van der Waals surface area contributed by atoms with Gasteiger partial charge in [0.2, 0.25) is 0 Å². The minimum atomic E-state index is 0.617. The number of para-hydroxylation sites is 1. The number of rotatable bonds is 1. The molecule has 0 fully saturated rings. The maximum atomic E-state index is 8.90. The molecule has 0 aliphatic rings. The number of hydrogen-bond acceptors (Lipinski definition) is 2. The predicted octanol–water partition coefficient (Wildman–Crippen LogP) is 2.89. The zero-order chi connectivity index (χ0) is 11.2. The second kappa shape index (κ2) is 5.01. The Bertz CT molecular complexity index is 523. The zero-order valence-corrected chi connectivity index (χ0v) is 8.64. The molecular weight excluding hydrogens is 198 g/mol. The first kappa shape index (κ1) is 10.3. The fraction of sp³-hybridized carbons (Fsp3) is 0. The Hall–Kier alpha value is -2.24. The Morgan fingerprint density at radius 3 is 2.25 bits per heavy atom. The van der Waals surface area contributed by atoms with E-state index in [9.17, 15) is 0 Å². The molecule has 78 valence electrons. The van der Waals surface area contributed by atoms with E-state index in [1.807, 2.05) is 48.5 Å². The monoisotopic (exact) mass is 209 g/mol. The van der Waals surface area contributed by atoms with Gasteiger partial charge in [-0.1, -0.05) is 42.2 Å². The highest BCUT2D eigenvalue weighted by atomic mass is 16.5. The molecule has 2 nitrogen and oxygen atoms in total. The summed E-state index contributed by atoms with van der Waals surface area (Å²) in [7, 11) is 0. The van der Waals surface area contributed by atoms with Gasteiger partial charge in [-0.3, -0.25) is 10.7 Å². The second-order valence-electron chi connectivity index (χ2n) is 3.27. The third-order valence-corrected chi connectivity index (χ3v) is 2.16. The predicted molar refractivity (Wildman–Crippen MR) is 64.3 cm³/mol. The molecule has 2 N–H and O–H groups in total. The van der Waals surface area contributed by atoms with E-state index in [0.717, 1.165) is 11.1 Å². The van der Waals surface area contributed by atoms with E-state index < -0.39 is 0 Å². The van der Waals surface area contributed by atoms with Crippen LogP contribution in [0.5, 0.6) is 0 Å². The second-order valence-corrected chi connectivity index (χ2v) is 3.27. The Labute approximate surface area is 94.5 Å². The average molecular weight is 209 g/mol. The van der Waals surface area contributed by atoms with Crippen molar-refractivity contribution in [2.24, 2.45) is 0 Å². The molecule has 0 saturated heterocycles. The van der Waals surface area contributed by atoms with Crippen molar-refractivity contribution in [1.29, 1.82) is 0 Å². The molecule has 2 heteroatoms. The smallest absolute Gasteiger partial charge is 0.0758 e. The zero-order valence-electron chi connectivity index (χ0n) is 8.64. The lowest BCUT2D eigenvalue weighted by Crippen LogP contribution is -1.91. The minimum Gasteiger partial charge on any atom is -0.291 e. The summed E-state index contributed by atoms with van der Waals surface area (Å²) in [6, 6.07) is 17.1. The highest BCUT2D eigenvalue weighted by Gasteiger charge is 1.94. The summed E-state index contributed by atoms with van der Waals surface area (Å²) in [6.45, 7) is 0. The van der Waals surface area contributed by atoms with Gasteiger partial charge >= 0.3 is 0 Å². The first-order valence-corrected chi connectivity index (χ1v) is 4.96. The van der Waals surface area contributed by atoms with Gasteiger partial charge in [-0.25, -0.2) is 0 Å². The lowest BCUT2D eigenvalue weighted by Gasteiger charge is -2.00. The Morgan fingerprint density at radius 1 is 0.812 bits per heavy atom. The van der Waals surface area contributed by atoms with Crippen molar-refractivity contribution >= 4 is 5.69 Å². The molecule has 16 heavy (non-hydrogen) atoms. The lowest BCUT2D eigenvalue weighted by molar-refractivity contribution is 0.389. The molecule has 0 unspecified atom stereocenters. The summed E-state index contributed by atoms with van der Waals surface area (Å²) in [6.07, 6.45) is 0. The fourth-order valence-corrected chi connectivity index (χ4v) is 1.35. The normalized spacial score (nSPS) is 9.06. The SMILES string of the molecule is ONc1ccccc1C#Cc1ccccc1. The van der Waals surface area contributed by atoms with Crippen molar-refractivity contribution < 1.29 is 5.21 Å². The molecule has 0 radical (unpaired) electrons. The van der Waals surface area contributed by atoms with E-state index in [0.29, 0.717) is 5.69 Å². The quantitative estimate of drug-likeness (QED) is 0.559. The minimum absolute atomic E-state index is 0.617. The third kappa shape index (κ3) is 2.41. The van der Waals surface area contributed by atoms with Crippen LogP contribution in [0.25, 0.3) is 0 Å². The van der Waals surface area contributed by atoms with Gasteiger partial charge < -0.3 is 0 Å². The molecule has 2 rings (SSSR count). The molecule has 0 amide bonds. The summed E-state index contributed by atoms with van der Waals surface area (Å²) in [4.78, 5) is 0. The van der Waals surface area contributed by atoms with E-state index in [-0.39, 0.29) is 0 Å². The lowest BCUT2D eigenvalue weighted by atomic mass is 10.1. The maximum absolute atomic E-state index is 8.90. The Balaban J connectivity index is 2.31. The van der Waals surface area contributed by atoms with Gasteiger partial charge in [0.05, 0.1) is 11.3 Å². The van der Waals surface area contributed by atoms with E-state index in [4.69, 9.17) is 5.21 Å². The van der Waals surface area contributed by atoms with Crippen LogP contribution in [0.2, 0.25) is 0 Å². The van der Waals surface area contributed by atoms with Crippen LogP contribution in [0.3, 0.4) is 0 Å². The summed E-state index contributed by atoms with van der Waals surface area (Å²) < 4.78 is 0. The number of hydrogen-bond donors (Lipinski definition) is 2. The van der Waals surface area contributed by atoms with Crippen LogP contribution in [0.4, 0.5) is 5.69 Å². The van der Waals surface area contributed by atoms with Crippen LogP contribution >= 0.6 is 0 Å². The largest absolute Gasteiger partial charge is 0.291 e. The van der Waals surface area contributed by atoms with Gasteiger partial charge in [0.25, 0.3) is 0 Å². The van der Waals surface area contributed by atoms with Gasteiger partial charge in [-0.15, -0.1) is 0 Å². The molecule has 0 aliphatic carbocycles. The summed E-state index contributed by atoms with van der Waals surface area (Å²) >= 11 is 0. The van der Waals surface area contributed by atoms with Crippen molar-refractivity contribution in [3.63, 3.8) is 0 Å². The van der Waals surface area contributed by atoms with Crippen LogP contribution in [0.15, 0.2) is 54.6 Å². The van der Waals surface area contributed by atoms with Crippen molar-refractivity contribution in [2.45, 2.75) is 0 Å². The molecule has 0 spiro atoms. The standard InChI is InChI=1S/C14H11NO/c16-15-14-9-5-4-8-13(14)11-10-12-6-2-1-3-7-12/h1-9,15-16H. The first-order valence-electron chi connectivity index (χ1n) is 4.96. The van der Waals surface area contributed by atoms with Gasteiger partial charge in [0, 0.05) is 5.56 Å². The molecule has 0 atom stereocenters. The Kier molecular flexibility index (Phi) is 3.22. The third-order valence-electron chi connectivity index (χ3n) is 2.16. The summed E-state index contributed by atoms with van der Waals surface area (Å²) in [5.41, 5.74) is 4.47. The van der Waals surface area contributed by atoms with Gasteiger partial charge in [-0.05, 0) is 24.3 Å². The van der Waals surface area contributed by atoms with E-state index in [1.165, 1.54) is 0 Å². The van der Waals surface area contributed by atoms with Gasteiger partial charge in [-0.2, -0.15) is 0 Å². The van der Waals surface area contributed by atoms with E-state index in [1.54, 1.807) is 6.07 Å². The molecule has 2 aromatic carbocycles.